The van der Waals surface area contributed by atoms with Gasteiger partial charge in [-0.1, -0.05) is 12.1 Å². The van der Waals surface area contributed by atoms with Crippen LogP contribution >= 0.6 is 0 Å². The summed E-state index contributed by atoms with van der Waals surface area (Å²) in [7, 11) is 4.72. The zero-order chi connectivity index (χ0) is 24.6. The Morgan fingerprint density at radius 1 is 0.971 bits per heavy atom. The lowest BCUT2D eigenvalue weighted by Gasteiger charge is -2.25. The van der Waals surface area contributed by atoms with Crippen molar-refractivity contribution in [3.63, 3.8) is 0 Å². The number of benzene rings is 2. The molecule has 0 bridgehead atoms. The third-order valence-electron chi connectivity index (χ3n) is 5.80. The Kier molecular flexibility index (Phi) is 8.05. The quantitative estimate of drug-likeness (QED) is 0.434. The molecule has 184 valence electrons. The van der Waals surface area contributed by atoms with Gasteiger partial charge in [-0.3, -0.25) is 9.78 Å². The molecule has 2 heterocycles. The van der Waals surface area contributed by atoms with Crippen LogP contribution in [0.1, 0.15) is 27.9 Å². The summed E-state index contributed by atoms with van der Waals surface area (Å²) < 4.78 is 27.9. The summed E-state index contributed by atoms with van der Waals surface area (Å²) in [6.45, 7) is 1.98. The molecule has 3 aromatic rings. The number of methoxy groups -OCH3 is 3. The van der Waals surface area contributed by atoms with E-state index in [-0.39, 0.29) is 12.0 Å². The maximum absolute atomic E-state index is 13.8. The van der Waals surface area contributed by atoms with Crippen LogP contribution in [0.15, 0.2) is 60.9 Å². The van der Waals surface area contributed by atoms with E-state index >= 15 is 0 Å². The van der Waals surface area contributed by atoms with Crippen molar-refractivity contribution in [1.82, 2.24) is 9.88 Å². The molecule has 8 nitrogen and oxygen atoms in total. The van der Waals surface area contributed by atoms with Gasteiger partial charge in [-0.15, -0.1) is 0 Å². The normalized spacial score (nSPS) is 14.9. The predicted molar refractivity (Wildman–Crippen MR) is 130 cm³/mol. The van der Waals surface area contributed by atoms with E-state index in [4.69, 9.17) is 23.7 Å². The first-order chi connectivity index (χ1) is 17.1. The lowest BCUT2D eigenvalue weighted by atomic mass is 10.1. The minimum absolute atomic E-state index is 0.0129. The first-order valence-electron chi connectivity index (χ1n) is 11.4. The summed E-state index contributed by atoms with van der Waals surface area (Å²) >= 11 is 0. The number of hydrogen-bond acceptors (Lipinski definition) is 7. The molecule has 1 aliphatic rings. The third-order valence-corrected chi connectivity index (χ3v) is 5.80. The number of rotatable bonds is 10. The molecule has 0 unspecified atom stereocenters. The van der Waals surface area contributed by atoms with E-state index in [1.165, 1.54) is 0 Å². The van der Waals surface area contributed by atoms with Crippen LogP contribution in [0.2, 0.25) is 0 Å². The Morgan fingerprint density at radius 3 is 2.46 bits per heavy atom. The van der Waals surface area contributed by atoms with Gasteiger partial charge in [0.05, 0.1) is 40.1 Å². The molecule has 0 saturated carbocycles. The first-order valence-corrected chi connectivity index (χ1v) is 11.4. The van der Waals surface area contributed by atoms with Crippen molar-refractivity contribution >= 4 is 5.91 Å². The van der Waals surface area contributed by atoms with E-state index in [0.717, 1.165) is 17.5 Å². The third kappa shape index (κ3) is 6.02. The highest BCUT2D eigenvalue weighted by Gasteiger charge is 2.23. The van der Waals surface area contributed by atoms with Crippen LogP contribution < -0.4 is 18.9 Å². The van der Waals surface area contributed by atoms with Crippen LogP contribution in [0.3, 0.4) is 0 Å². The fourth-order valence-corrected chi connectivity index (χ4v) is 3.98. The second kappa shape index (κ2) is 11.6. The van der Waals surface area contributed by atoms with E-state index in [1.807, 2.05) is 30.3 Å². The van der Waals surface area contributed by atoms with Crippen LogP contribution in [0.4, 0.5) is 0 Å². The van der Waals surface area contributed by atoms with E-state index in [9.17, 15) is 4.79 Å². The monoisotopic (exact) mass is 478 g/mol. The second-order valence-corrected chi connectivity index (χ2v) is 8.18. The molecule has 1 aliphatic heterocycles. The van der Waals surface area contributed by atoms with Crippen LogP contribution in [0.25, 0.3) is 0 Å². The highest BCUT2D eigenvalue weighted by Crippen LogP contribution is 2.32. The number of hydrogen-bond donors (Lipinski definition) is 0. The van der Waals surface area contributed by atoms with Gasteiger partial charge in [-0.25, -0.2) is 0 Å². The predicted octanol–water partition coefficient (Wildman–Crippen LogP) is 4.12. The van der Waals surface area contributed by atoms with Gasteiger partial charge in [0.15, 0.2) is 11.5 Å². The topological polar surface area (TPSA) is 79.4 Å². The Hall–Kier alpha value is -3.78. The summed E-state index contributed by atoms with van der Waals surface area (Å²) in [5, 5.41) is 0. The fourth-order valence-electron chi connectivity index (χ4n) is 3.98. The molecule has 1 saturated heterocycles. The summed E-state index contributed by atoms with van der Waals surface area (Å²) in [5.74, 6) is 2.14. The summed E-state index contributed by atoms with van der Waals surface area (Å²) in [6, 6.07) is 14.7. The molecule has 1 atom stereocenters. The minimum atomic E-state index is -0.188. The van der Waals surface area contributed by atoms with Gasteiger partial charge >= 0.3 is 0 Å². The van der Waals surface area contributed by atoms with Crippen molar-refractivity contribution in [2.24, 2.45) is 0 Å². The molecular formula is C27H30N2O6. The molecule has 1 aromatic heterocycles. The van der Waals surface area contributed by atoms with Crippen molar-refractivity contribution < 1.29 is 28.5 Å². The maximum atomic E-state index is 13.8. The Morgan fingerprint density at radius 2 is 1.77 bits per heavy atom. The zero-order valence-corrected chi connectivity index (χ0v) is 20.2. The van der Waals surface area contributed by atoms with Gasteiger partial charge in [0, 0.05) is 31.9 Å². The minimum Gasteiger partial charge on any atom is -0.497 e. The van der Waals surface area contributed by atoms with Crippen LogP contribution in [0, 0.1) is 0 Å². The number of carbonyl (C=O) groups excluding carboxylic acids is 1. The summed E-state index contributed by atoms with van der Waals surface area (Å²) in [5.41, 5.74) is 2.23. The lowest BCUT2D eigenvalue weighted by Crippen LogP contribution is -2.30. The van der Waals surface area contributed by atoms with Gasteiger partial charge in [-0.05, 0) is 47.5 Å². The zero-order valence-electron chi connectivity index (χ0n) is 20.2. The maximum Gasteiger partial charge on any atom is 0.258 e. The molecule has 1 fully saturated rings. The standard InChI is InChI=1S/C27H30N2O6/c1-31-21-7-9-24(32-2)23(14-21)27(30)29(17-20-5-4-11-28-15-20)16-19-6-8-25(26(13-19)33-3)35-22-10-12-34-18-22/h4-9,11,13-15,22H,10,12,16-18H2,1-3H3/t22-/m1/s1. The average molecular weight is 479 g/mol. The highest BCUT2D eigenvalue weighted by molar-refractivity contribution is 5.97. The van der Waals surface area contributed by atoms with Crippen LogP contribution in [-0.4, -0.2) is 56.4 Å². The van der Waals surface area contributed by atoms with Crippen molar-refractivity contribution in [1.29, 1.82) is 0 Å². The van der Waals surface area contributed by atoms with Crippen molar-refractivity contribution in [2.45, 2.75) is 25.6 Å². The van der Waals surface area contributed by atoms with Gasteiger partial charge < -0.3 is 28.6 Å². The largest absolute Gasteiger partial charge is 0.497 e. The lowest BCUT2D eigenvalue weighted by molar-refractivity contribution is 0.0726. The number of carbonyl (C=O) groups is 1. The second-order valence-electron chi connectivity index (χ2n) is 8.18. The Bertz CT molecular complexity index is 1130. The summed E-state index contributed by atoms with van der Waals surface area (Å²) in [4.78, 5) is 19.7. The van der Waals surface area contributed by atoms with E-state index in [2.05, 4.69) is 4.98 Å². The molecule has 8 heteroatoms. The molecule has 4 rings (SSSR count). The highest BCUT2D eigenvalue weighted by atomic mass is 16.6. The van der Waals surface area contributed by atoms with E-state index in [0.29, 0.717) is 54.9 Å². The Balaban J connectivity index is 1.62. The number of amides is 1. The van der Waals surface area contributed by atoms with Crippen molar-refractivity contribution in [3.05, 3.63) is 77.6 Å². The first kappa shape index (κ1) is 24.3. The number of aromatic nitrogens is 1. The van der Waals surface area contributed by atoms with Gasteiger partial charge in [0.1, 0.15) is 17.6 Å². The number of ether oxygens (including phenoxy) is 5. The molecule has 0 N–H and O–H groups in total. The SMILES string of the molecule is COc1ccc(OC)c(C(=O)N(Cc2cccnc2)Cc2ccc(O[C@@H]3CCOC3)c(OC)c2)c1. The van der Waals surface area contributed by atoms with Gasteiger partial charge in [0.25, 0.3) is 5.91 Å². The van der Waals surface area contributed by atoms with E-state index < -0.39 is 0 Å². The fraction of sp³-hybridized carbons (Fsp3) is 0.333. The average Bonchev–Trinajstić information content (AvgIpc) is 3.42. The van der Waals surface area contributed by atoms with Crippen LogP contribution in [0.5, 0.6) is 23.0 Å². The molecule has 1 amide bonds. The molecule has 0 aliphatic carbocycles. The molecular weight excluding hydrogens is 448 g/mol. The Labute approximate surface area is 205 Å². The molecule has 35 heavy (non-hydrogen) atoms. The van der Waals surface area contributed by atoms with Crippen molar-refractivity contribution in [3.8, 4) is 23.0 Å². The molecule has 0 radical (unpaired) electrons. The summed E-state index contributed by atoms with van der Waals surface area (Å²) in [6.07, 6.45) is 4.32. The number of pyridine rings is 1. The van der Waals surface area contributed by atoms with Gasteiger partial charge in [0.2, 0.25) is 0 Å². The van der Waals surface area contributed by atoms with Crippen molar-refractivity contribution in [2.75, 3.05) is 34.5 Å². The number of nitrogens with zero attached hydrogens (tertiary/aromatic N) is 2. The smallest absolute Gasteiger partial charge is 0.258 e. The molecule has 2 aromatic carbocycles. The van der Waals surface area contributed by atoms with Gasteiger partial charge in [-0.2, -0.15) is 0 Å². The molecule has 0 spiro atoms. The van der Waals surface area contributed by atoms with E-state index in [1.54, 1.807) is 56.8 Å². The van der Waals surface area contributed by atoms with Crippen LogP contribution in [-0.2, 0) is 17.8 Å².